The zero-order chi connectivity index (χ0) is 20.2. The molecule has 0 saturated heterocycles. The Morgan fingerprint density at radius 3 is 2.69 bits per heavy atom. The highest BCUT2D eigenvalue weighted by atomic mass is 16.2. The van der Waals surface area contributed by atoms with Crippen LogP contribution >= 0.6 is 0 Å². The Balaban J connectivity index is 1.44. The third kappa shape index (κ3) is 4.06. The summed E-state index contributed by atoms with van der Waals surface area (Å²) in [5.41, 5.74) is 1.53. The van der Waals surface area contributed by atoms with Gasteiger partial charge in [-0.1, -0.05) is 42.5 Å². The average Bonchev–Trinajstić information content (AvgIpc) is 3.20. The second-order valence-corrected chi connectivity index (χ2v) is 6.73. The summed E-state index contributed by atoms with van der Waals surface area (Å²) in [7, 11) is 0. The lowest BCUT2D eigenvalue weighted by Gasteiger charge is -2.13. The number of rotatable bonds is 6. The molecule has 0 spiro atoms. The molecule has 1 atom stereocenters. The van der Waals surface area contributed by atoms with Crippen LogP contribution in [0.3, 0.4) is 0 Å². The van der Waals surface area contributed by atoms with Crippen LogP contribution in [0.4, 0.5) is 5.95 Å². The number of fused-ring (bicyclic) bond motifs is 1. The summed E-state index contributed by atoms with van der Waals surface area (Å²) in [6, 6.07) is 16.3. The quantitative estimate of drug-likeness (QED) is 0.528. The van der Waals surface area contributed by atoms with Crippen molar-refractivity contribution in [1.82, 2.24) is 24.7 Å². The van der Waals surface area contributed by atoms with Gasteiger partial charge in [0, 0.05) is 6.42 Å². The smallest absolute Gasteiger partial charge is 0.261 e. The second-order valence-electron chi connectivity index (χ2n) is 6.73. The second kappa shape index (κ2) is 8.05. The first-order valence-corrected chi connectivity index (χ1v) is 9.34. The molecular formula is C21H20N6O2. The lowest BCUT2D eigenvalue weighted by Crippen LogP contribution is -2.32. The normalized spacial score (nSPS) is 12.0. The van der Waals surface area contributed by atoms with Gasteiger partial charge in [-0.25, -0.2) is 4.98 Å². The molecule has 1 unspecified atom stereocenters. The maximum Gasteiger partial charge on any atom is 0.261 e. The fourth-order valence-corrected chi connectivity index (χ4v) is 3.07. The molecule has 4 aromatic rings. The van der Waals surface area contributed by atoms with Crippen molar-refractivity contribution in [2.45, 2.75) is 25.8 Å². The van der Waals surface area contributed by atoms with Crippen LogP contribution in [0.25, 0.3) is 10.9 Å². The summed E-state index contributed by atoms with van der Waals surface area (Å²) in [6.07, 6.45) is 2.88. The van der Waals surface area contributed by atoms with Gasteiger partial charge < -0.3 is 0 Å². The lowest BCUT2D eigenvalue weighted by atomic mass is 10.1. The number of aromatic amines is 1. The molecule has 0 aliphatic rings. The fourth-order valence-electron chi connectivity index (χ4n) is 3.07. The van der Waals surface area contributed by atoms with Crippen molar-refractivity contribution in [3.05, 3.63) is 82.7 Å². The van der Waals surface area contributed by atoms with E-state index in [2.05, 4.69) is 37.6 Å². The summed E-state index contributed by atoms with van der Waals surface area (Å²) >= 11 is 0. The summed E-state index contributed by atoms with van der Waals surface area (Å²) < 4.78 is 1.31. The van der Waals surface area contributed by atoms with E-state index in [1.54, 1.807) is 25.1 Å². The van der Waals surface area contributed by atoms with Crippen LogP contribution in [0.15, 0.2) is 65.7 Å². The number of carbonyl (C=O) groups is 1. The largest absolute Gasteiger partial charge is 0.291 e. The highest BCUT2D eigenvalue weighted by Crippen LogP contribution is 2.11. The highest BCUT2D eigenvalue weighted by molar-refractivity contribution is 5.92. The van der Waals surface area contributed by atoms with Gasteiger partial charge in [-0.2, -0.15) is 4.98 Å². The minimum atomic E-state index is -0.758. The molecule has 0 aliphatic carbocycles. The lowest BCUT2D eigenvalue weighted by molar-refractivity contribution is -0.118. The van der Waals surface area contributed by atoms with E-state index in [0.717, 1.165) is 6.42 Å². The van der Waals surface area contributed by atoms with E-state index in [1.165, 1.54) is 16.5 Å². The number of amides is 1. The summed E-state index contributed by atoms with van der Waals surface area (Å²) in [5, 5.41) is 10.0. The van der Waals surface area contributed by atoms with Crippen LogP contribution in [-0.4, -0.2) is 30.6 Å². The first-order chi connectivity index (χ1) is 14.1. The molecule has 0 aliphatic heterocycles. The highest BCUT2D eigenvalue weighted by Gasteiger charge is 2.19. The van der Waals surface area contributed by atoms with Crippen LogP contribution in [0.2, 0.25) is 0 Å². The monoisotopic (exact) mass is 388 g/mol. The summed E-state index contributed by atoms with van der Waals surface area (Å²) in [4.78, 5) is 33.8. The van der Waals surface area contributed by atoms with E-state index < -0.39 is 11.9 Å². The summed E-state index contributed by atoms with van der Waals surface area (Å²) in [6.45, 7) is 1.64. The number of H-pyrrole nitrogens is 1. The van der Waals surface area contributed by atoms with Crippen molar-refractivity contribution in [3.63, 3.8) is 0 Å². The molecule has 0 fully saturated rings. The molecule has 2 aromatic heterocycles. The number of benzene rings is 2. The van der Waals surface area contributed by atoms with Crippen molar-refractivity contribution >= 4 is 22.8 Å². The Labute approximate surface area is 166 Å². The van der Waals surface area contributed by atoms with Gasteiger partial charge in [-0.05, 0) is 31.0 Å². The molecule has 8 heteroatoms. The molecular weight excluding hydrogens is 368 g/mol. The number of carbonyl (C=O) groups excluding carboxylic acids is 1. The standard InChI is InChI=1S/C21H20N6O2/c1-14(27-13-22-17-10-6-5-9-16(17)20(27)29)19(28)24-21-23-18(25-26-21)12-11-15-7-3-2-4-8-15/h2-10,13-14H,11-12H2,1H3,(H2,23,24,25,26,28). The van der Waals surface area contributed by atoms with E-state index in [1.807, 2.05) is 24.3 Å². The maximum atomic E-state index is 12.7. The predicted octanol–water partition coefficient (Wildman–Crippen LogP) is 2.50. The average molecular weight is 388 g/mol. The number of aromatic nitrogens is 5. The Hall–Kier alpha value is -3.81. The van der Waals surface area contributed by atoms with Gasteiger partial charge >= 0.3 is 0 Å². The molecule has 0 saturated carbocycles. The van der Waals surface area contributed by atoms with Crippen molar-refractivity contribution in [2.75, 3.05) is 5.32 Å². The molecule has 4 rings (SSSR count). The van der Waals surface area contributed by atoms with Crippen LogP contribution in [0.1, 0.15) is 24.4 Å². The first kappa shape index (κ1) is 18.5. The Morgan fingerprint density at radius 2 is 1.86 bits per heavy atom. The number of nitrogens with one attached hydrogen (secondary N) is 2. The molecule has 1 amide bonds. The van der Waals surface area contributed by atoms with E-state index in [4.69, 9.17) is 0 Å². The molecule has 29 heavy (non-hydrogen) atoms. The number of hydrogen-bond donors (Lipinski definition) is 2. The van der Waals surface area contributed by atoms with E-state index >= 15 is 0 Å². The summed E-state index contributed by atoms with van der Waals surface area (Å²) in [5.74, 6) is 0.478. The van der Waals surface area contributed by atoms with E-state index in [-0.39, 0.29) is 11.5 Å². The van der Waals surface area contributed by atoms with Crippen LogP contribution in [0.5, 0.6) is 0 Å². The molecule has 0 radical (unpaired) electrons. The van der Waals surface area contributed by atoms with Gasteiger partial charge in [0.1, 0.15) is 11.9 Å². The topological polar surface area (TPSA) is 106 Å². The number of anilines is 1. The number of nitrogens with zero attached hydrogens (tertiary/aromatic N) is 4. The predicted molar refractivity (Wildman–Crippen MR) is 110 cm³/mol. The van der Waals surface area contributed by atoms with Gasteiger partial charge in [-0.15, -0.1) is 5.10 Å². The van der Waals surface area contributed by atoms with Gasteiger partial charge in [0.05, 0.1) is 17.2 Å². The minimum absolute atomic E-state index is 0.187. The third-order valence-corrected chi connectivity index (χ3v) is 4.75. The van der Waals surface area contributed by atoms with E-state index in [9.17, 15) is 9.59 Å². The molecule has 2 heterocycles. The van der Waals surface area contributed by atoms with Gasteiger partial charge in [0.2, 0.25) is 11.9 Å². The number of hydrogen-bond acceptors (Lipinski definition) is 5. The van der Waals surface area contributed by atoms with Crippen LogP contribution < -0.4 is 10.9 Å². The zero-order valence-corrected chi connectivity index (χ0v) is 15.9. The Bertz CT molecular complexity index is 1200. The van der Waals surface area contributed by atoms with E-state index in [0.29, 0.717) is 23.1 Å². The molecule has 0 bridgehead atoms. The van der Waals surface area contributed by atoms with Gasteiger partial charge in [0.15, 0.2) is 0 Å². The first-order valence-electron chi connectivity index (χ1n) is 9.34. The van der Waals surface area contributed by atoms with Gasteiger partial charge in [-0.3, -0.25) is 24.6 Å². The minimum Gasteiger partial charge on any atom is -0.291 e. The van der Waals surface area contributed by atoms with Gasteiger partial charge in [0.25, 0.3) is 5.56 Å². The van der Waals surface area contributed by atoms with Crippen molar-refractivity contribution in [1.29, 1.82) is 0 Å². The Kier molecular flexibility index (Phi) is 5.15. The van der Waals surface area contributed by atoms with Crippen molar-refractivity contribution in [2.24, 2.45) is 0 Å². The molecule has 2 N–H and O–H groups in total. The molecule has 146 valence electrons. The number of para-hydroxylation sites is 1. The Morgan fingerprint density at radius 1 is 1.10 bits per heavy atom. The van der Waals surface area contributed by atoms with Crippen LogP contribution in [-0.2, 0) is 17.6 Å². The van der Waals surface area contributed by atoms with Crippen molar-refractivity contribution in [3.8, 4) is 0 Å². The maximum absolute atomic E-state index is 12.7. The zero-order valence-electron chi connectivity index (χ0n) is 15.9. The fraction of sp³-hybridized carbons (Fsp3) is 0.190. The molecule has 8 nitrogen and oxygen atoms in total. The third-order valence-electron chi connectivity index (χ3n) is 4.75. The van der Waals surface area contributed by atoms with Crippen molar-refractivity contribution < 1.29 is 4.79 Å². The molecule has 2 aromatic carbocycles. The number of aryl methyl sites for hydroxylation is 2. The van der Waals surface area contributed by atoms with Crippen LogP contribution in [0, 0.1) is 0 Å². The SMILES string of the molecule is CC(C(=O)Nc1n[nH]c(CCc2ccccc2)n1)n1cnc2ccccc2c1=O.